The predicted molar refractivity (Wildman–Crippen MR) is 157 cm³/mol. The Balaban J connectivity index is 1.38. The summed E-state index contributed by atoms with van der Waals surface area (Å²) in [6.07, 6.45) is 5.39. The quantitative estimate of drug-likeness (QED) is 0.357. The summed E-state index contributed by atoms with van der Waals surface area (Å²) in [6.45, 7) is 6.06. The Morgan fingerprint density at radius 1 is 0.897 bits per heavy atom. The molecule has 0 amide bonds. The molecule has 39 heavy (non-hydrogen) atoms. The predicted octanol–water partition coefficient (Wildman–Crippen LogP) is 6.18. The molecular formula is C33H42N2O4. The number of phenolic OH excluding ortho intramolecular Hbond substituents is 1. The van der Waals surface area contributed by atoms with Gasteiger partial charge in [0.15, 0.2) is 11.5 Å². The molecule has 0 aromatic heterocycles. The number of aromatic hydroxyl groups is 1. The summed E-state index contributed by atoms with van der Waals surface area (Å²) in [5, 5.41) is 9.95. The fourth-order valence-electron chi connectivity index (χ4n) is 6.05. The molecule has 208 valence electrons. The molecule has 5 rings (SSSR count). The molecular weight excluding hydrogens is 488 g/mol. The maximum absolute atomic E-state index is 9.95. The Labute approximate surface area is 233 Å². The van der Waals surface area contributed by atoms with Crippen LogP contribution in [0.25, 0.3) is 0 Å². The Bertz CT molecular complexity index is 1250. The Morgan fingerprint density at radius 2 is 1.62 bits per heavy atom. The Kier molecular flexibility index (Phi) is 8.51. The zero-order chi connectivity index (χ0) is 27.4. The maximum Gasteiger partial charge on any atom is 0.162 e. The molecule has 0 spiro atoms. The van der Waals surface area contributed by atoms with Crippen molar-refractivity contribution >= 4 is 5.69 Å². The van der Waals surface area contributed by atoms with Crippen molar-refractivity contribution in [2.45, 2.75) is 57.6 Å². The highest BCUT2D eigenvalue weighted by Crippen LogP contribution is 2.43. The number of nitrogens with zero attached hydrogens (tertiary/aromatic N) is 2. The summed E-state index contributed by atoms with van der Waals surface area (Å²) < 4.78 is 17.7. The number of benzene rings is 3. The van der Waals surface area contributed by atoms with Crippen LogP contribution in [0.5, 0.6) is 23.0 Å². The van der Waals surface area contributed by atoms with Crippen LogP contribution >= 0.6 is 0 Å². The van der Waals surface area contributed by atoms with Gasteiger partial charge in [-0.3, -0.25) is 0 Å². The van der Waals surface area contributed by atoms with E-state index in [4.69, 9.17) is 14.2 Å². The van der Waals surface area contributed by atoms with Gasteiger partial charge in [-0.25, -0.2) is 0 Å². The van der Waals surface area contributed by atoms with Gasteiger partial charge in [0.05, 0.1) is 14.2 Å². The van der Waals surface area contributed by atoms with Crippen molar-refractivity contribution in [2.24, 2.45) is 0 Å². The summed E-state index contributed by atoms with van der Waals surface area (Å²) in [5.74, 6) is 3.17. The second kappa shape index (κ2) is 12.2. The van der Waals surface area contributed by atoms with Gasteiger partial charge in [0, 0.05) is 37.9 Å². The van der Waals surface area contributed by atoms with Crippen molar-refractivity contribution in [1.82, 2.24) is 4.90 Å². The normalized spacial score (nSPS) is 17.9. The van der Waals surface area contributed by atoms with Gasteiger partial charge in [-0.05, 0) is 105 Å². The van der Waals surface area contributed by atoms with Crippen LogP contribution in [0.1, 0.15) is 54.4 Å². The van der Waals surface area contributed by atoms with E-state index in [0.717, 1.165) is 75.5 Å². The minimum absolute atomic E-state index is 0.304. The maximum atomic E-state index is 9.95. The first kappa shape index (κ1) is 27.2. The lowest BCUT2D eigenvalue weighted by molar-refractivity contribution is 0.114. The van der Waals surface area contributed by atoms with E-state index in [2.05, 4.69) is 66.2 Å². The number of hydrogen-bond acceptors (Lipinski definition) is 6. The summed E-state index contributed by atoms with van der Waals surface area (Å²) in [7, 11) is 5.57. The highest BCUT2D eigenvalue weighted by molar-refractivity contribution is 5.64. The molecule has 0 saturated carbocycles. The number of likely N-dealkylation sites (tertiary alicyclic amines) is 1. The topological polar surface area (TPSA) is 54.4 Å². The van der Waals surface area contributed by atoms with E-state index >= 15 is 0 Å². The lowest BCUT2D eigenvalue weighted by Gasteiger charge is -2.32. The minimum atomic E-state index is 0.304. The fraction of sp³-hybridized carbons (Fsp3) is 0.455. The third kappa shape index (κ3) is 6.27. The van der Waals surface area contributed by atoms with Gasteiger partial charge in [0.2, 0.25) is 0 Å². The Morgan fingerprint density at radius 3 is 2.31 bits per heavy atom. The van der Waals surface area contributed by atoms with Crippen LogP contribution in [0.3, 0.4) is 0 Å². The van der Waals surface area contributed by atoms with Crippen LogP contribution in [-0.2, 0) is 19.4 Å². The third-order valence-electron chi connectivity index (χ3n) is 8.38. The number of rotatable bonds is 9. The van der Waals surface area contributed by atoms with Crippen molar-refractivity contribution in [3.05, 3.63) is 76.9 Å². The first-order chi connectivity index (χ1) is 19.0. The van der Waals surface area contributed by atoms with Gasteiger partial charge in [0.25, 0.3) is 0 Å². The van der Waals surface area contributed by atoms with Crippen LogP contribution in [0.4, 0.5) is 5.69 Å². The number of ether oxygens (including phenoxy) is 3. The number of anilines is 1. The van der Waals surface area contributed by atoms with E-state index in [-0.39, 0.29) is 0 Å². The molecule has 1 N–H and O–H groups in total. The zero-order valence-corrected chi connectivity index (χ0v) is 23.8. The summed E-state index contributed by atoms with van der Waals surface area (Å²) in [4.78, 5) is 4.79. The minimum Gasteiger partial charge on any atom is -0.508 e. The van der Waals surface area contributed by atoms with E-state index < -0.39 is 0 Å². The lowest BCUT2D eigenvalue weighted by atomic mass is 9.79. The van der Waals surface area contributed by atoms with Crippen LogP contribution < -0.4 is 19.1 Å². The number of fused-ring (bicyclic) bond motifs is 1. The molecule has 2 aliphatic rings. The SMILES string of the molecule is CCN(Cc1ccc(OC2CCN(C)CC2)cc1)c1cc(OC)c(OC)cc1C1CCc2cc(O)ccc2C1. The molecule has 1 heterocycles. The van der Waals surface area contributed by atoms with Crippen LogP contribution in [0, 0.1) is 0 Å². The molecule has 1 atom stereocenters. The van der Waals surface area contributed by atoms with Crippen molar-refractivity contribution in [3.63, 3.8) is 0 Å². The standard InChI is InChI=1S/C33H42N2O4/c1-5-35(22-23-6-12-28(13-7-23)39-29-14-16-34(2)17-15-29)31-21-33(38-4)32(37-3)20-30(31)26-9-8-25-19-27(36)11-10-24(25)18-26/h6-7,10-13,19-21,26,29,36H,5,8-9,14-18,22H2,1-4H3. The lowest BCUT2D eigenvalue weighted by Crippen LogP contribution is -2.35. The number of phenols is 1. The molecule has 0 radical (unpaired) electrons. The molecule has 3 aromatic carbocycles. The number of aryl methyl sites for hydroxylation is 1. The summed E-state index contributed by atoms with van der Waals surface area (Å²) >= 11 is 0. The average molecular weight is 531 g/mol. The van der Waals surface area contributed by atoms with Gasteiger partial charge in [0.1, 0.15) is 17.6 Å². The molecule has 1 fully saturated rings. The van der Waals surface area contributed by atoms with E-state index in [1.807, 2.05) is 6.07 Å². The van der Waals surface area contributed by atoms with Gasteiger partial charge >= 0.3 is 0 Å². The zero-order valence-electron chi connectivity index (χ0n) is 23.8. The Hall–Kier alpha value is -3.38. The fourth-order valence-corrected chi connectivity index (χ4v) is 6.05. The molecule has 1 aliphatic heterocycles. The van der Waals surface area contributed by atoms with E-state index in [1.54, 1.807) is 20.3 Å². The van der Waals surface area contributed by atoms with Crippen LogP contribution in [0.2, 0.25) is 0 Å². The van der Waals surface area contributed by atoms with Crippen molar-refractivity contribution in [1.29, 1.82) is 0 Å². The van der Waals surface area contributed by atoms with Crippen molar-refractivity contribution < 1.29 is 19.3 Å². The second-order valence-corrected chi connectivity index (χ2v) is 10.9. The molecule has 6 nitrogen and oxygen atoms in total. The van der Waals surface area contributed by atoms with Crippen LogP contribution in [-0.4, -0.2) is 57.0 Å². The number of piperidine rings is 1. The van der Waals surface area contributed by atoms with Crippen molar-refractivity contribution in [2.75, 3.05) is 45.8 Å². The molecule has 0 bridgehead atoms. The molecule has 3 aromatic rings. The highest BCUT2D eigenvalue weighted by Gasteiger charge is 2.26. The van der Waals surface area contributed by atoms with E-state index in [9.17, 15) is 5.11 Å². The summed E-state index contributed by atoms with van der Waals surface area (Å²) in [6, 6.07) is 18.7. The van der Waals surface area contributed by atoms with E-state index in [1.165, 1.54) is 27.9 Å². The van der Waals surface area contributed by atoms with Gasteiger partial charge in [-0.2, -0.15) is 0 Å². The average Bonchev–Trinajstić information content (AvgIpc) is 2.97. The molecule has 1 aliphatic carbocycles. The highest BCUT2D eigenvalue weighted by atomic mass is 16.5. The second-order valence-electron chi connectivity index (χ2n) is 10.9. The summed E-state index contributed by atoms with van der Waals surface area (Å²) in [5.41, 5.74) is 6.29. The third-order valence-corrected chi connectivity index (χ3v) is 8.38. The van der Waals surface area contributed by atoms with Gasteiger partial charge < -0.3 is 29.1 Å². The number of hydrogen-bond donors (Lipinski definition) is 1. The first-order valence-electron chi connectivity index (χ1n) is 14.2. The monoisotopic (exact) mass is 530 g/mol. The molecule has 1 saturated heterocycles. The van der Waals surface area contributed by atoms with Gasteiger partial charge in [-0.1, -0.05) is 18.2 Å². The van der Waals surface area contributed by atoms with Crippen molar-refractivity contribution in [3.8, 4) is 23.0 Å². The number of methoxy groups -OCH3 is 2. The molecule has 1 unspecified atom stereocenters. The van der Waals surface area contributed by atoms with Gasteiger partial charge in [-0.15, -0.1) is 0 Å². The smallest absolute Gasteiger partial charge is 0.162 e. The largest absolute Gasteiger partial charge is 0.508 e. The first-order valence-corrected chi connectivity index (χ1v) is 14.2. The molecule has 6 heteroatoms. The van der Waals surface area contributed by atoms with E-state index in [0.29, 0.717) is 17.8 Å². The van der Waals surface area contributed by atoms with Crippen LogP contribution in [0.15, 0.2) is 54.6 Å².